The van der Waals surface area contributed by atoms with E-state index in [1.54, 1.807) is 31.6 Å². The molecule has 0 radical (unpaired) electrons. The fourth-order valence-corrected chi connectivity index (χ4v) is 1.94. The highest BCUT2D eigenvalue weighted by molar-refractivity contribution is 7.84. The number of phenols is 1. The average molecular weight is 257 g/mol. The van der Waals surface area contributed by atoms with Crippen LogP contribution in [0.2, 0.25) is 0 Å². The Balaban J connectivity index is 2.67. The largest absolute Gasteiger partial charge is 0.508 e. The van der Waals surface area contributed by atoms with Gasteiger partial charge in [-0.05, 0) is 25.1 Å². The summed E-state index contributed by atoms with van der Waals surface area (Å²) in [6.07, 6.45) is 1.68. The number of rotatable bonds is 6. The smallest absolute Gasteiger partial charge is 0.120 e. The van der Waals surface area contributed by atoms with Crippen LogP contribution in [0, 0.1) is 0 Å². The molecule has 1 rings (SSSR count). The van der Waals surface area contributed by atoms with Gasteiger partial charge in [0, 0.05) is 41.0 Å². The summed E-state index contributed by atoms with van der Waals surface area (Å²) >= 11 is 0. The second kappa shape index (κ2) is 6.61. The molecule has 1 aromatic carbocycles. The van der Waals surface area contributed by atoms with Gasteiger partial charge in [-0.25, -0.2) is 0 Å². The summed E-state index contributed by atoms with van der Waals surface area (Å²) in [5.74, 6) is 1.56. The average Bonchev–Trinajstić information content (AvgIpc) is 2.29. The molecule has 0 saturated carbocycles. The minimum Gasteiger partial charge on any atom is -0.508 e. The Morgan fingerprint density at radius 3 is 2.82 bits per heavy atom. The number of phenolic OH excluding ortho intramolecular Hbond substituents is 1. The van der Waals surface area contributed by atoms with Gasteiger partial charge in [-0.3, -0.25) is 4.21 Å². The number of ether oxygens (including phenoxy) is 1. The van der Waals surface area contributed by atoms with Crippen molar-refractivity contribution >= 4 is 10.8 Å². The molecular formula is C12H19NO3S. The van der Waals surface area contributed by atoms with E-state index in [1.807, 2.05) is 6.92 Å². The van der Waals surface area contributed by atoms with Crippen LogP contribution < -0.4 is 10.1 Å². The molecular weight excluding hydrogens is 238 g/mol. The van der Waals surface area contributed by atoms with Crippen LogP contribution in [-0.4, -0.2) is 35.0 Å². The Bertz CT molecular complexity index is 395. The van der Waals surface area contributed by atoms with Crippen molar-refractivity contribution in [3.05, 3.63) is 23.8 Å². The quantitative estimate of drug-likeness (QED) is 0.809. The topological polar surface area (TPSA) is 58.6 Å². The van der Waals surface area contributed by atoms with E-state index in [2.05, 4.69) is 5.32 Å². The Labute approximate surface area is 104 Å². The third kappa shape index (κ3) is 4.36. The summed E-state index contributed by atoms with van der Waals surface area (Å²) in [5, 5.41) is 13.0. The van der Waals surface area contributed by atoms with Crippen molar-refractivity contribution in [1.29, 1.82) is 0 Å². The number of hydrogen-bond acceptors (Lipinski definition) is 4. The molecule has 0 aromatic heterocycles. The van der Waals surface area contributed by atoms with E-state index in [1.165, 1.54) is 0 Å². The number of nitrogens with one attached hydrogen (secondary N) is 1. The van der Waals surface area contributed by atoms with Crippen molar-refractivity contribution in [3.63, 3.8) is 0 Å². The molecule has 0 aliphatic carbocycles. The van der Waals surface area contributed by atoms with Gasteiger partial charge < -0.3 is 15.2 Å². The first kappa shape index (κ1) is 14.0. The van der Waals surface area contributed by atoms with Gasteiger partial charge in [0.15, 0.2) is 0 Å². The van der Waals surface area contributed by atoms with Gasteiger partial charge in [-0.1, -0.05) is 0 Å². The monoisotopic (exact) mass is 257 g/mol. The molecule has 1 aromatic rings. The van der Waals surface area contributed by atoms with E-state index in [9.17, 15) is 9.32 Å². The van der Waals surface area contributed by atoms with Gasteiger partial charge in [0.1, 0.15) is 11.5 Å². The number of methoxy groups -OCH3 is 1. The van der Waals surface area contributed by atoms with Gasteiger partial charge >= 0.3 is 0 Å². The Kier molecular flexibility index (Phi) is 5.44. The Hall–Kier alpha value is -1.07. The molecule has 4 nitrogen and oxygen atoms in total. The molecule has 0 spiro atoms. The summed E-state index contributed by atoms with van der Waals surface area (Å²) < 4.78 is 16.0. The molecule has 0 amide bonds. The molecule has 0 aliphatic rings. The van der Waals surface area contributed by atoms with Crippen molar-refractivity contribution in [3.8, 4) is 11.5 Å². The minimum atomic E-state index is -0.799. The van der Waals surface area contributed by atoms with Crippen LogP contribution in [0.3, 0.4) is 0 Å². The maximum Gasteiger partial charge on any atom is 0.120 e. The summed E-state index contributed by atoms with van der Waals surface area (Å²) in [7, 11) is 0.792. The zero-order valence-electron chi connectivity index (χ0n) is 10.4. The maximum atomic E-state index is 10.9. The summed E-state index contributed by atoms with van der Waals surface area (Å²) in [4.78, 5) is 0. The second-order valence-corrected chi connectivity index (χ2v) is 5.43. The maximum absolute atomic E-state index is 10.9. The summed E-state index contributed by atoms with van der Waals surface area (Å²) in [6, 6.07) is 5.13. The Morgan fingerprint density at radius 1 is 1.53 bits per heavy atom. The lowest BCUT2D eigenvalue weighted by Crippen LogP contribution is -2.23. The second-order valence-electron chi connectivity index (χ2n) is 3.88. The molecule has 5 heteroatoms. The van der Waals surface area contributed by atoms with Crippen LogP contribution in [0.1, 0.15) is 18.5 Å². The molecule has 0 heterocycles. The minimum absolute atomic E-state index is 0.00588. The summed E-state index contributed by atoms with van der Waals surface area (Å²) in [6.45, 7) is 2.61. The Morgan fingerprint density at radius 2 is 2.24 bits per heavy atom. The lowest BCUT2D eigenvalue weighted by Gasteiger charge is -2.16. The summed E-state index contributed by atoms with van der Waals surface area (Å²) in [5.41, 5.74) is 0.784. The van der Waals surface area contributed by atoms with E-state index in [4.69, 9.17) is 4.74 Å². The first-order valence-corrected chi connectivity index (χ1v) is 7.17. The van der Waals surface area contributed by atoms with Crippen LogP contribution >= 0.6 is 0 Å². The first-order chi connectivity index (χ1) is 8.04. The molecule has 2 unspecified atom stereocenters. The fraction of sp³-hybridized carbons (Fsp3) is 0.500. The first-order valence-electron chi connectivity index (χ1n) is 5.45. The number of hydrogen-bond donors (Lipinski definition) is 2. The third-order valence-electron chi connectivity index (χ3n) is 2.54. The third-order valence-corrected chi connectivity index (χ3v) is 3.32. The number of benzene rings is 1. The van der Waals surface area contributed by atoms with Gasteiger partial charge in [-0.2, -0.15) is 0 Å². The molecule has 0 bridgehead atoms. The van der Waals surface area contributed by atoms with E-state index in [0.717, 1.165) is 5.56 Å². The molecule has 17 heavy (non-hydrogen) atoms. The van der Waals surface area contributed by atoms with E-state index < -0.39 is 10.8 Å². The van der Waals surface area contributed by atoms with Crippen LogP contribution in [0.4, 0.5) is 0 Å². The normalized spacial score (nSPS) is 14.3. The molecule has 0 aliphatic heterocycles. The molecule has 2 atom stereocenters. The highest BCUT2D eigenvalue weighted by Gasteiger charge is 2.11. The van der Waals surface area contributed by atoms with E-state index in [0.29, 0.717) is 18.0 Å². The highest BCUT2D eigenvalue weighted by atomic mass is 32.2. The van der Waals surface area contributed by atoms with E-state index >= 15 is 0 Å². The van der Waals surface area contributed by atoms with Crippen LogP contribution in [-0.2, 0) is 10.8 Å². The molecule has 2 N–H and O–H groups in total. The predicted molar refractivity (Wildman–Crippen MR) is 70.0 cm³/mol. The van der Waals surface area contributed by atoms with Gasteiger partial charge in [0.25, 0.3) is 0 Å². The van der Waals surface area contributed by atoms with Gasteiger partial charge in [0.05, 0.1) is 7.11 Å². The van der Waals surface area contributed by atoms with Crippen LogP contribution in [0.15, 0.2) is 18.2 Å². The zero-order valence-corrected chi connectivity index (χ0v) is 11.2. The van der Waals surface area contributed by atoms with Gasteiger partial charge in [0.2, 0.25) is 0 Å². The lowest BCUT2D eigenvalue weighted by molar-refractivity contribution is 0.408. The van der Waals surface area contributed by atoms with Crippen molar-refractivity contribution in [2.75, 3.05) is 25.7 Å². The highest BCUT2D eigenvalue weighted by Crippen LogP contribution is 2.27. The molecule has 0 fully saturated rings. The standard InChI is InChI=1S/C12H19NO3S/c1-9(13-6-7-17(3)15)11-8-10(16-2)4-5-12(11)14/h4-5,8-9,13-14H,6-7H2,1-3H3. The SMILES string of the molecule is COc1ccc(O)c(C(C)NCCS(C)=O)c1. The predicted octanol–water partition coefficient (Wildman–Crippen LogP) is 1.43. The van der Waals surface area contributed by atoms with Crippen molar-refractivity contribution in [1.82, 2.24) is 5.32 Å². The van der Waals surface area contributed by atoms with Crippen molar-refractivity contribution in [2.24, 2.45) is 0 Å². The number of aromatic hydroxyl groups is 1. The molecule has 96 valence electrons. The lowest BCUT2D eigenvalue weighted by atomic mass is 10.1. The zero-order chi connectivity index (χ0) is 12.8. The van der Waals surface area contributed by atoms with Crippen LogP contribution in [0.25, 0.3) is 0 Å². The molecule has 0 saturated heterocycles. The fourth-order valence-electron chi connectivity index (χ4n) is 1.54. The van der Waals surface area contributed by atoms with Crippen molar-refractivity contribution < 1.29 is 14.1 Å². The van der Waals surface area contributed by atoms with Crippen molar-refractivity contribution in [2.45, 2.75) is 13.0 Å². The van der Waals surface area contributed by atoms with Gasteiger partial charge in [-0.15, -0.1) is 0 Å². The van der Waals surface area contributed by atoms with E-state index in [-0.39, 0.29) is 11.8 Å². The van der Waals surface area contributed by atoms with Crippen LogP contribution in [0.5, 0.6) is 11.5 Å².